The molecule has 2 aromatic heterocycles. The van der Waals surface area contributed by atoms with Crippen molar-refractivity contribution in [2.45, 2.75) is 6.42 Å². The minimum Gasteiger partial charge on any atom is -0.385 e. The molecule has 130 valence electrons. The van der Waals surface area contributed by atoms with Crippen molar-refractivity contribution in [2.24, 2.45) is 0 Å². The summed E-state index contributed by atoms with van der Waals surface area (Å²) < 4.78 is 23.6. The number of aromatic nitrogens is 1. The molecule has 1 aromatic carbocycles. The fourth-order valence-corrected chi connectivity index (χ4v) is 3.04. The number of halogens is 1. The van der Waals surface area contributed by atoms with E-state index >= 15 is 0 Å². The maximum atomic E-state index is 13.2. The first-order valence-corrected chi connectivity index (χ1v) is 8.70. The largest absolute Gasteiger partial charge is 0.385 e. The number of ether oxygens (including phenoxy) is 1. The summed E-state index contributed by atoms with van der Waals surface area (Å²) in [4.78, 5) is 12.7. The van der Waals surface area contributed by atoms with E-state index in [1.165, 1.54) is 23.5 Å². The Bertz CT molecular complexity index is 829. The molecule has 1 N–H and O–H groups in total. The van der Waals surface area contributed by atoms with Crippen LogP contribution in [0.3, 0.4) is 0 Å². The van der Waals surface area contributed by atoms with Gasteiger partial charge in [-0.25, -0.2) is 4.39 Å². The van der Waals surface area contributed by atoms with Crippen LogP contribution >= 0.6 is 11.3 Å². The Morgan fingerprint density at radius 2 is 2.08 bits per heavy atom. The highest BCUT2D eigenvalue weighted by Crippen LogP contribution is 2.33. The van der Waals surface area contributed by atoms with Crippen LogP contribution in [0.5, 0.6) is 0 Å². The number of thiophene rings is 1. The first-order chi connectivity index (χ1) is 12.2. The zero-order chi connectivity index (χ0) is 17.6. The van der Waals surface area contributed by atoms with E-state index in [1.54, 1.807) is 19.2 Å². The number of amides is 1. The van der Waals surface area contributed by atoms with Crippen LogP contribution in [0.1, 0.15) is 16.8 Å². The summed E-state index contributed by atoms with van der Waals surface area (Å²) in [5.74, 6) is -0.224. The molecule has 3 aromatic rings. The minimum atomic E-state index is -0.351. The van der Waals surface area contributed by atoms with E-state index in [4.69, 9.17) is 9.26 Å². The van der Waals surface area contributed by atoms with E-state index in [9.17, 15) is 9.18 Å². The van der Waals surface area contributed by atoms with Gasteiger partial charge in [-0.2, -0.15) is 11.3 Å². The number of nitrogens with zero attached hydrogens (tertiary/aromatic N) is 1. The highest BCUT2D eigenvalue weighted by molar-refractivity contribution is 7.08. The Hall–Kier alpha value is -2.51. The number of hydrogen-bond donors (Lipinski definition) is 1. The number of nitrogens with one attached hydrogen (secondary N) is 1. The van der Waals surface area contributed by atoms with Gasteiger partial charge in [0.25, 0.3) is 5.91 Å². The van der Waals surface area contributed by atoms with Crippen LogP contribution in [0, 0.1) is 5.82 Å². The van der Waals surface area contributed by atoms with Crippen molar-refractivity contribution in [1.82, 2.24) is 10.5 Å². The molecule has 3 rings (SSSR count). The molecule has 0 saturated heterocycles. The summed E-state index contributed by atoms with van der Waals surface area (Å²) in [5.41, 5.74) is 2.15. The Balaban J connectivity index is 1.95. The van der Waals surface area contributed by atoms with Gasteiger partial charge in [0, 0.05) is 36.8 Å². The molecule has 0 bridgehead atoms. The highest BCUT2D eigenvalue weighted by atomic mass is 32.1. The molecule has 1 amide bonds. The van der Waals surface area contributed by atoms with Gasteiger partial charge in [-0.05, 0) is 42.1 Å². The summed E-state index contributed by atoms with van der Waals surface area (Å²) in [6, 6.07) is 7.67. The van der Waals surface area contributed by atoms with Crippen molar-refractivity contribution in [3.05, 3.63) is 52.5 Å². The maximum absolute atomic E-state index is 13.2. The van der Waals surface area contributed by atoms with Gasteiger partial charge in [0.2, 0.25) is 0 Å². The van der Waals surface area contributed by atoms with E-state index in [0.29, 0.717) is 42.2 Å². The van der Waals surface area contributed by atoms with Gasteiger partial charge in [-0.3, -0.25) is 4.79 Å². The lowest BCUT2D eigenvalue weighted by atomic mass is 10.0. The third kappa shape index (κ3) is 3.94. The summed E-state index contributed by atoms with van der Waals surface area (Å²) in [7, 11) is 1.61. The average molecular weight is 360 g/mol. The van der Waals surface area contributed by atoms with Crippen LogP contribution in [-0.4, -0.2) is 31.3 Å². The van der Waals surface area contributed by atoms with Crippen LogP contribution < -0.4 is 5.32 Å². The molecule has 0 spiro atoms. The number of rotatable bonds is 7. The SMILES string of the molecule is COCCCNC(=O)c1c(-c2ccc(F)cc2)noc1-c1ccsc1. The first-order valence-electron chi connectivity index (χ1n) is 7.76. The molecule has 0 saturated carbocycles. The Kier molecular flexibility index (Phi) is 5.57. The first kappa shape index (κ1) is 17.3. The summed E-state index contributed by atoms with van der Waals surface area (Å²) in [6.45, 7) is 1.04. The third-order valence-corrected chi connectivity index (χ3v) is 4.31. The van der Waals surface area contributed by atoms with E-state index in [1.807, 2.05) is 16.8 Å². The van der Waals surface area contributed by atoms with E-state index in [-0.39, 0.29) is 11.7 Å². The molecule has 7 heteroatoms. The molecule has 5 nitrogen and oxygen atoms in total. The summed E-state index contributed by atoms with van der Waals surface area (Å²) >= 11 is 1.50. The number of carbonyl (C=O) groups excluding carboxylic acids is 1. The van der Waals surface area contributed by atoms with E-state index < -0.39 is 0 Å². The molecule has 0 aliphatic carbocycles. The third-order valence-electron chi connectivity index (χ3n) is 3.63. The fourth-order valence-electron chi connectivity index (χ4n) is 2.40. The second-order valence-electron chi connectivity index (χ2n) is 5.36. The lowest BCUT2D eigenvalue weighted by Crippen LogP contribution is -2.25. The second kappa shape index (κ2) is 8.04. The van der Waals surface area contributed by atoms with Crippen molar-refractivity contribution >= 4 is 17.2 Å². The van der Waals surface area contributed by atoms with Crippen LogP contribution in [0.15, 0.2) is 45.6 Å². The normalized spacial score (nSPS) is 10.8. The molecule has 0 aliphatic heterocycles. The Morgan fingerprint density at radius 3 is 2.76 bits per heavy atom. The molecular weight excluding hydrogens is 343 g/mol. The van der Waals surface area contributed by atoms with Crippen molar-refractivity contribution in [1.29, 1.82) is 0 Å². The highest BCUT2D eigenvalue weighted by Gasteiger charge is 2.25. The zero-order valence-electron chi connectivity index (χ0n) is 13.6. The van der Waals surface area contributed by atoms with Crippen molar-refractivity contribution in [2.75, 3.05) is 20.3 Å². The van der Waals surface area contributed by atoms with Crippen LogP contribution in [0.25, 0.3) is 22.6 Å². The molecule has 0 unspecified atom stereocenters. The van der Waals surface area contributed by atoms with E-state index in [2.05, 4.69) is 10.5 Å². The van der Waals surface area contributed by atoms with Gasteiger partial charge < -0.3 is 14.6 Å². The Morgan fingerprint density at radius 1 is 1.28 bits per heavy atom. The quantitative estimate of drug-likeness (QED) is 0.648. The maximum Gasteiger partial charge on any atom is 0.257 e. The standard InChI is InChI=1S/C18H17FN2O3S/c1-23-9-2-8-20-18(22)15-16(12-3-5-14(19)6-4-12)21-24-17(15)13-7-10-25-11-13/h3-7,10-11H,2,8-9H2,1H3,(H,20,22). The van der Waals surface area contributed by atoms with Gasteiger partial charge in [0.15, 0.2) is 5.76 Å². The predicted molar refractivity (Wildman–Crippen MR) is 94.0 cm³/mol. The molecule has 0 aliphatic rings. The lowest BCUT2D eigenvalue weighted by Gasteiger charge is -2.06. The fraction of sp³-hybridized carbons (Fsp3) is 0.222. The number of hydrogen-bond acceptors (Lipinski definition) is 5. The van der Waals surface area contributed by atoms with Crippen LogP contribution in [-0.2, 0) is 4.74 Å². The molecule has 0 fully saturated rings. The monoisotopic (exact) mass is 360 g/mol. The Labute approximate surface area is 148 Å². The lowest BCUT2D eigenvalue weighted by molar-refractivity contribution is 0.0949. The predicted octanol–water partition coefficient (Wildman–Crippen LogP) is 3.98. The van der Waals surface area contributed by atoms with Gasteiger partial charge in [0.05, 0.1) is 0 Å². The zero-order valence-corrected chi connectivity index (χ0v) is 14.4. The number of benzene rings is 1. The van der Waals surface area contributed by atoms with Crippen molar-refractivity contribution in [3.8, 4) is 22.6 Å². The molecule has 0 atom stereocenters. The van der Waals surface area contributed by atoms with Crippen LogP contribution in [0.4, 0.5) is 4.39 Å². The van der Waals surface area contributed by atoms with Gasteiger partial charge in [0.1, 0.15) is 17.1 Å². The summed E-state index contributed by atoms with van der Waals surface area (Å²) in [6.07, 6.45) is 0.702. The average Bonchev–Trinajstić information content (AvgIpc) is 3.28. The van der Waals surface area contributed by atoms with Gasteiger partial charge >= 0.3 is 0 Å². The number of methoxy groups -OCH3 is 1. The minimum absolute atomic E-state index is 0.280. The second-order valence-corrected chi connectivity index (χ2v) is 6.14. The number of carbonyl (C=O) groups is 1. The van der Waals surface area contributed by atoms with Gasteiger partial charge in [-0.15, -0.1) is 0 Å². The van der Waals surface area contributed by atoms with Gasteiger partial charge in [-0.1, -0.05) is 5.16 Å². The van der Waals surface area contributed by atoms with Crippen molar-refractivity contribution in [3.63, 3.8) is 0 Å². The van der Waals surface area contributed by atoms with Crippen LogP contribution in [0.2, 0.25) is 0 Å². The van der Waals surface area contributed by atoms with Crippen molar-refractivity contribution < 1.29 is 18.4 Å². The van der Waals surface area contributed by atoms with E-state index in [0.717, 1.165) is 5.56 Å². The topological polar surface area (TPSA) is 64.4 Å². The molecule has 2 heterocycles. The molecule has 0 radical (unpaired) electrons. The molecule has 25 heavy (non-hydrogen) atoms. The smallest absolute Gasteiger partial charge is 0.257 e. The molecular formula is C18H17FN2O3S. The summed E-state index contributed by atoms with van der Waals surface area (Å²) in [5, 5.41) is 10.7.